The first-order chi connectivity index (χ1) is 15.8. The van der Waals surface area contributed by atoms with Crippen LogP contribution in [-0.2, 0) is 14.4 Å². The van der Waals surface area contributed by atoms with Crippen molar-refractivity contribution in [3.63, 3.8) is 0 Å². The van der Waals surface area contributed by atoms with Crippen LogP contribution in [0.1, 0.15) is 65.7 Å². The average Bonchev–Trinajstić information content (AvgIpc) is 3.37. The first kappa shape index (κ1) is 25.3. The van der Waals surface area contributed by atoms with Gasteiger partial charge in [0.25, 0.3) is 0 Å². The molecule has 3 saturated heterocycles. The van der Waals surface area contributed by atoms with Gasteiger partial charge in [0.15, 0.2) is 0 Å². The van der Waals surface area contributed by atoms with Crippen molar-refractivity contribution in [1.82, 2.24) is 15.5 Å². The van der Waals surface area contributed by atoms with E-state index in [-0.39, 0.29) is 46.4 Å². The standard InChI is InChI=1S/C24H38BrN3O4S/c1-4-10-26-21(30)17-18-23(32)28(16(12-29)13(2)3)20(24(18)11-15(25)19(17)33-24)22(31)27-14-8-6-5-7-9-14/h13-20,29H,4-12H2,1-3H3,(H,26,30)(H,27,31)/t15?,16-,17-,18-,19-,20?,24?/m0/s1. The van der Waals surface area contributed by atoms with Crippen molar-refractivity contribution in [2.45, 2.75) is 98.7 Å². The largest absolute Gasteiger partial charge is 0.394 e. The van der Waals surface area contributed by atoms with Crippen LogP contribution in [0.5, 0.6) is 0 Å². The normalized spacial score (nSPS) is 36.8. The number of fused-ring (bicyclic) bond motifs is 1. The highest BCUT2D eigenvalue weighted by Gasteiger charge is 2.76. The van der Waals surface area contributed by atoms with E-state index in [1.165, 1.54) is 6.42 Å². The molecule has 4 aliphatic rings. The van der Waals surface area contributed by atoms with Gasteiger partial charge in [0.05, 0.1) is 29.2 Å². The molecule has 2 bridgehead atoms. The number of aliphatic hydroxyl groups excluding tert-OH is 1. The molecule has 0 aromatic carbocycles. The van der Waals surface area contributed by atoms with E-state index >= 15 is 0 Å². The summed E-state index contributed by atoms with van der Waals surface area (Å²) in [4.78, 5) is 42.9. The first-order valence-electron chi connectivity index (χ1n) is 12.6. The van der Waals surface area contributed by atoms with Gasteiger partial charge in [0, 0.05) is 22.7 Å². The third-order valence-electron chi connectivity index (χ3n) is 8.09. The monoisotopic (exact) mass is 543 g/mol. The van der Waals surface area contributed by atoms with E-state index < -0.39 is 28.7 Å². The number of carbonyl (C=O) groups excluding carboxylic acids is 3. The van der Waals surface area contributed by atoms with E-state index in [1.807, 2.05) is 20.8 Å². The first-order valence-corrected chi connectivity index (χ1v) is 14.4. The lowest BCUT2D eigenvalue weighted by molar-refractivity contribution is -0.143. The number of halogens is 1. The summed E-state index contributed by atoms with van der Waals surface area (Å²) in [6, 6.07) is -0.986. The van der Waals surface area contributed by atoms with Crippen molar-refractivity contribution in [1.29, 1.82) is 0 Å². The topological polar surface area (TPSA) is 98.7 Å². The van der Waals surface area contributed by atoms with Crippen LogP contribution in [0, 0.1) is 17.8 Å². The summed E-state index contributed by atoms with van der Waals surface area (Å²) < 4.78 is -0.648. The van der Waals surface area contributed by atoms with E-state index in [0.717, 1.165) is 32.1 Å². The van der Waals surface area contributed by atoms with Gasteiger partial charge >= 0.3 is 0 Å². The molecule has 0 aromatic heterocycles. The van der Waals surface area contributed by atoms with Crippen LogP contribution >= 0.6 is 27.7 Å². The molecule has 3 heterocycles. The second-order valence-electron chi connectivity index (χ2n) is 10.5. The number of thioether (sulfide) groups is 1. The van der Waals surface area contributed by atoms with Gasteiger partial charge in [-0.05, 0) is 31.6 Å². The number of amides is 3. The summed E-state index contributed by atoms with van der Waals surface area (Å²) in [5.41, 5.74) is 0. The van der Waals surface area contributed by atoms with Gasteiger partial charge in [-0.3, -0.25) is 14.4 Å². The van der Waals surface area contributed by atoms with Crippen LogP contribution < -0.4 is 10.6 Å². The SMILES string of the molecule is CCCNC(=O)[C@H]1[C@H]2C(=O)N([C@@H](CO)C(C)C)C(C(=O)NC3CCCCC3)C23CC(Br)[C@@H]1S3. The van der Waals surface area contributed by atoms with Crippen LogP contribution in [0.4, 0.5) is 0 Å². The Morgan fingerprint density at radius 3 is 2.55 bits per heavy atom. The fraction of sp³-hybridized carbons (Fsp3) is 0.875. The molecule has 186 valence electrons. The van der Waals surface area contributed by atoms with E-state index in [1.54, 1.807) is 16.7 Å². The lowest BCUT2D eigenvalue weighted by Crippen LogP contribution is -2.59. The quantitative estimate of drug-likeness (QED) is 0.408. The molecule has 7 atom stereocenters. The fourth-order valence-electron chi connectivity index (χ4n) is 6.54. The van der Waals surface area contributed by atoms with Gasteiger partial charge < -0.3 is 20.6 Å². The van der Waals surface area contributed by atoms with E-state index in [4.69, 9.17) is 0 Å². The second-order valence-corrected chi connectivity index (χ2v) is 13.3. The molecule has 1 spiro atoms. The molecular formula is C24H38BrN3O4S. The number of hydrogen-bond acceptors (Lipinski definition) is 5. The van der Waals surface area contributed by atoms with Crippen LogP contribution in [-0.4, -0.2) is 73.8 Å². The van der Waals surface area contributed by atoms with Gasteiger partial charge in [-0.2, -0.15) is 0 Å². The predicted molar refractivity (Wildman–Crippen MR) is 133 cm³/mol. The average molecular weight is 545 g/mol. The lowest BCUT2D eigenvalue weighted by Gasteiger charge is -2.39. The Hall–Kier alpha value is -0.800. The number of nitrogens with one attached hydrogen (secondary N) is 2. The Morgan fingerprint density at radius 1 is 1.24 bits per heavy atom. The molecular weight excluding hydrogens is 506 g/mol. The number of aliphatic hydroxyl groups is 1. The molecule has 0 radical (unpaired) electrons. The minimum absolute atomic E-state index is 0.00603. The maximum Gasteiger partial charge on any atom is 0.244 e. The van der Waals surface area contributed by atoms with Crippen molar-refractivity contribution in [3.8, 4) is 0 Å². The molecule has 0 aromatic rings. The summed E-state index contributed by atoms with van der Waals surface area (Å²) in [6.45, 7) is 6.33. The zero-order valence-corrected chi connectivity index (χ0v) is 22.3. The molecule has 4 fully saturated rings. The highest BCUT2D eigenvalue weighted by atomic mass is 79.9. The Bertz CT molecular complexity index is 777. The van der Waals surface area contributed by atoms with E-state index in [0.29, 0.717) is 13.0 Å². The van der Waals surface area contributed by atoms with Crippen molar-refractivity contribution < 1.29 is 19.5 Å². The van der Waals surface area contributed by atoms with Crippen LogP contribution in [0.3, 0.4) is 0 Å². The van der Waals surface area contributed by atoms with Gasteiger partial charge in [-0.15, -0.1) is 11.8 Å². The number of likely N-dealkylation sites (tertiary alicyclic amines) is 1. The smallest absolute Gasteiger partial charge is 0.244 e. The predicted octanol–water partition coefficient (Wildman–Crippen LogP) is 2.44. The van der Waals surface area contributed by atoms with Gasteiger partial charge in [-0.1, -0.05) is 56.0 Å². The third-order valence-corrected chi connectivity index (χ3v) is 11.3. The molecule has 33 heavy (non-hydrogen) atoms. The fourth-order valence-corrected chi connectivity index (χ4v) is 10.1. The molecule has 9 heteroatoms. The summed E-state index contributed by atoms with van der Waals surface area (Å²) in [7, 11) is 0. The number of hydrogen-bond donors (Lipinski definition) is 3. The number of rotatable bonds is 8. The Morgan fingerprint density at radius 2 is 1.94 bits per heavy atom. The zero-order valence-electron chi connectivity index (χ0n) is 19.9. The summed E-state index contributed by atoms with van der Waals surface area (Å²) in [5.74, 6) is -1.34. The molecule has 3 amide bonds. The van der Waals surface area contributed by atoms with E-state index in [2.05, 4.69) is 26.6 Å². The Kier molecular flexibility index (Phi) is 7.71. The van der Waals surface area contributed by atoms with Crippen molar-refractivity contribution in [3.05, 3.63) is 0 Å². The Labute approximate surface area is 209 Å². The van der Waals surface area contributed by atoms with Gasteiger partial charge in [0.2, 0.25) is 17.7 Å². The number of alkyl halides is 1. The highest BCUT2D eigenvalue weighted by Crippen LogP contribution is 2.68. The molecule has 1 saturated carbocycles. The third kappa shape index (κ3) is 4.24. The highest BCUT2D eigenvalue weighted by molar-refractivity contribution is 9.09. The maximum absolute atomic E-state index is 14.0. The molecule has 3 N–H and O–H groups in total. The maximum atomic E-state index is 14.0. The van der Waals surface area contributed by atoms with Crippen LogP contribution in [0.25, 0.3) is 0 Å². The minimum atomic E-state index is -0.671. The molecule has 7 nitrogen and oxygen atoms in total. The summed E-state index contributed by atoms with van der Waals surface area (Å²) >= 11 is 5.45. The zero-order chi connectivity index (χ0) is 23.9. The second kappa shape index (κ2) is 10.1. The number of carbonyl (C=O) groups is 3. The minimum Gasteiger partial charge on any atom is -0.394 e. The van der Waals surface area contributed by atoms with Crippen molar-refractivity contribution in [2.75, 3.05) is 13.2 Å². The van der Waals surface area contributed by atoms with E-state index in [9.17, 15) is 19.5 Å². The summed E-state index contributed by atoms with van der Waals surface area (Å²) in [5, 5.41) is 16.5. The number of nitrogens with zero attached hydrogens (tertiary/aromatic N) is 1. The van der Waals surface area contributed by atoms with Crippen LogP contribution in [0.2, 0.25) is 0 Å². The Balaban J connectivity index is 1.71. The summed E-state index contributed by atoms with van der Waals surface area (Å²) in [6.07, 6.45) is 6.85. The molecule has 3 aliphatic heterocycles. The molecule has 4 rings (SSSR count). The van der Waals surface area contributed by atoms with Crippen molar-refractivity contribution >= 4 is 45.4 Å². The van der Waals surface area contributed by atoms with Crippen LogP contribution in [0.15, 0.2) is 0 Å². The van der Waals surface area contributed by atoms with Gasteiger partial charge in [0.1, 0.15) is 6.04 Å². The van der Waals surface area contributed by atoms with Gasteiger partial charge in [-0.25, -0.2) is 0 Å². The lowest BCUT2D eigenvalue weighted by atomic mass is 9.70. The molecule has 3 unspecified atom stereocenters. The molecule has 1 aliphatic carbocycles. The van der Waals surface area contributed by atoms with Crippen molar-refractivity contribution in [2.24, 2.45) is 17.8 Å².